The molecule has 1 unspecified atom stereocenters. The molecule has 0 aromatic rings. The van der Waals surface area contributed by atoms with Gasteiger partial charge in [-0.05, 0) is 43.7 Å². The highest BCUT2D eigenvalue weighted by molar-refractivity contribution is 5.03. The number of hydrogen-bond acceptors (Lipinski definition) is 1. The van der Waals surface area contributed by atoms with Crippen molar-refractivity contribution in [2.24, 2.45) is 11.3 Å². The van der Waals surface area contributed by atoms with Crippen LogP contribution < -0.4 is 5.32 Å². The summed E-state index contributed by atoms with van der Waals surface area (Å²) < 4.78 is 0. The van der Waals surface area contributed by atoms with E-state index in [2.05, 4.69) is 12.2 Å². The number of nitrogens with one attached hydrogen (secondary N) is 1. The molecule has 70 valence electrons. The van der Waals surface area contributed by atoms with Crippen LogP contribution in [-0.4, -0.2) is 13.1 Å². The minimum absolute atomic E-state index is 0.834. The van der Waals surface area contributed by atoms with Crippen molar-refractivity contribution in [3.63, 3.8) is 0 Å². The molecular formula is C11H21N. The van der Waals surface area contributed by atoms with Gasteiger partial charge in [-0.25, -0.2) is 0 Å². The predicted molar refractivity (Wildman–Crippen MR) is 52.2 cm³/mol. The Morgan fingerprint density at radius 2 is 2.00 bits per heavy atom. The van der Waals surface area contributed by atoms with Gasteiger partial charge in [-0.2, -0.15) is 0 Å². The summed E-state index contributed by atoms with van der Waals surface area (Å²) in [6.45, 7) is 4.64. The van der Waals surface area contributed by atoms with Gasteiger partial charge >= 0.3 is 0 Å². The van der Waals surface area contributed by atoms with Crippen molar-refractivity contribution >= 4 is 0 Å². The second-order valence-electron chi connectivity index (χ2n) is 4.63. The molecule has 1 N–H and O–H groups in total. The molecule has 2 aliphatic rings. The summed E-state index contributed by atoms with van der Waals surface area (Å²) in [4.78, 5) is 0. The summed E-state index contributed by atoms with van der Waals surface area (Å²) in [5.74, 6) is 1.04. The standard InChI is InChI=1S/C11H21N/c1-2-12-9-10-8-11(10)6-4-3-5-7-11/h10,12H,2-9H2,1H3. The van der Waals surface area contributed by atoms with Gasteiger partial charge < -0.3 is 5.32 Å². The molecule has 0 radical (unpaired) electrons. The van der Waals surface area contributed by atoms with Gasteiger partial charge in [0.25, 0.3) is 0 Å². The number of hydrogen-bond donors (Lipinski definition) is 1. The lowest BCUT2D eigenvalue weighted by Crippen LogP contribution is -2.20. The van der Waals surface area contributed by atoms with Gasteiger partial charge in [0.05, 0.1) is 0 Å². The Morgan fingerprint density at radius 1 is 1.25 bits per heavy atom. The van der Waals surface area contributed by atoms with E-state index in [1.807, 2.05) is 0 Å². The molecule has 2 aliphatic carbocycles. The van der Waals surface area contributed by atoms with Crippen LogP contribution in [-0.2, 0) is 0 Å². The first kappa shape index (κ1) is 8.55. The third kappa shape index (κ3) is 1.52. The fourth-order valence-electron chi connectivity index (χ4n) is 2.91. The van der Waals surface area contributed by atoms with E-state index in [9.17, 15) is 0 Å². The molecule has 0 aromatic heterocycles. The molecule has 12 heavy (non-hydrogen) atoms. The normalized spacial score (nSPS) is 32.2. The maximum absolute atomic E-state index is 3.48. The highest BCUT2D eigenvalue weighted by Crippen LogP contribution is 2.60. The molecule has 0 saturated heterocycles. The van der Waals surface area contributed by atoms with Crippen molar-refractivity contribution < 1.29 is 0 Å². The van der Waals surface area contributed by atoms with Gasteiger partial charge in [-0.15, -0.1) is 0 Å². The summed E-state index contributed by atoms with van der Waals surface area (Å²) in [6.07, 6.45) is 9.09. The minimum Gasteiger partial charge on any atom is -0.317 e. The summed E-state index contributed by atoms with van der Waals surface area (Å²) >= 11 is 0. The second kappa shape index (κ2) is 3.37. The van der Waals surface area contributed by atoms with Crippen LogP contribution >= 0.6 is 0 Å². The summed E-state index contributed by atoms with van der Waals surface area (Å²) in [5.41, 5.74) is 0.834. The summed E-state index contributed by atoms with van der Waals surface area (Å²) in [6, 6.07) is 0. The molecule has 0 aromatic carbocycles. The monoisotopic (exact) mass is 167 g/mol. The molecule has 0 amide bonds. The summed E-state index contributed by atoms with van der Waals surface area (Å²) in [7, 11) is 0. The van der Waals surface area contributed by atoms with Crippen LogP contribution in [0.15, 0.2) is 0 Å². The quantitative estimate of drug-likeness (QED) is 0.681. The van der Waals surface area contributed by atoms with Crippen LogP contribution in [0.2, 0.25) is 0 Å². The zero-order chi connectivity index (χ0) is 8.44. The molecule has 2 saturated carbocycles. The Hall–Kier alpha value is -0.0400. The lowest BCUT2D eigenvalue weighted by atomic mass is 9.84. The predicted octanol–water partition coefficient (Wildman–Crippen LogP) is 2.57. The van der Waals surface area contributed by atoms with Crippen LogP contribution in [0.25, 0.3) is 0 Å². The van der Waals surface area contributed by atoms with Gasteiger partial charge in [0.2, 0.25) is 0 Å². The molecule has 2 rings (SSSR count). The largest absolute Gasteiger partial charge is 0.317 e. The molecule has 2 fully saturated rings. The fourth-order valence-corrected chi connectivity index (χ4v) is 2.91. The third-order valence-electron chi connectivity index (χ3n) is 3.85. The highest BCUT2D eigenvalue weighted by Gasteiger charge is 2.52. The van der Waals surface area contributed by atoms with Crippen molar-refractivity contribution in [2.45, 2.75) is 45.4 Å². The zero-order valence-corrected chi connectivity index (χ0v) is 8.23. The molecule has 1 atom stereocenters. The first-order valence-electron chi connectivity index (χ1n) is 5.58. The van der Waals surface area contributed by atoms with E-state index >= 15 is 0 Å². The van der Waals surface area contributed by atoms with Crippen molar-refractivity contribution in [1.29, 1.82) is 0 Å². The first-order chi connectivity index (χ1) is 5.87. The Labute approximate surface area is 75.9 Å². The van der Waals surface area contributed by atoms with E-state index in [1.54, 1.807) is 0 Å². The van der Waals surface area contributed by atoms with Crippen LogP contribution in [0.3, 0.4) is 0 Å². The van der Waals surface area contributed by atoms with E-state index in [0.717, 1.165) is 17.9 Å². The molecule has 0 aliphatic heterocycles. The molecule has 1 spiro atoms. The lowest BCUT2D eigenvalue weighted by Gasteiger charge is -2.22. The number of rotatable bonds is 3. The van der Waals surface area contributed by atoms with Crippen molar-refractivity contribution in [3.8, 4) is 0 Å². The van der Waals surface area contributed by atoms with E-state index in [0.29, 0.717) is 0 Å². The van der Waals surface area contributed by atoms with Gasteiger partial charge in [-0.1, -0.05) is 26.2 Å². The average molecular weight is 167 g/mol. The lowest BCUT2D eigenvalue weighted by molar-refractivity contribution is 0.304. The molecular weight excluding hydrogens is 146 g/mol. The SMILES string of the molecule is CCNCC1CC12CCCCC2. The fraction of sp³-hybridized carbons (Fsp3) is 1.00. The van der Waals surface area contributed by atoms with Gasteiger partial charge in [-0.3, -0.25) is 0 Å². The van der Waals surface area contributed by atoms with E-state index in [1.165, 1.54) is 45.1 Å². The van der Waals surface area contributed by atoms with Crippen LogP contribution in [0, 0.1) is 11.3 Å². The zero-order valence-electron chi connectivity index (χ0n) is 8.23. The first-order valence-corrected chi connectivity index (χ1v) is 5.58. The van der Waals surface area contributed by atoms with Gasteiger partial charge in [0.1, 0.15) is 0 Å². The van der Waals surface area contributed by atoms with Crippen LogP contribution in [0.5, 0.6) is 0 Å². The smallest absolute Gasteiger partial charge is 0.00151 e. The van der Waals surface area contributed by atoms with Crippen LogP contribution in [0.1, 0.15) is 45.4 Å². The van der Waals surface area contributed by atoms with E-state index < -0.39 is 0 Å². The van der Waals surface area contributed by atoms with E-state index in [-0.39, 0.29) is 0 Å². The topological polar surface area (TPSA) is 12.0 Å². The maximum atomic E-state index is 3.48. The Balaban J connectivity index is 1.75. The van der Waals surface area contributed by atoms with Gasteiger partial charge in [0, 0.05) is 0 Å². The van der Waals surface area contributed by atoms with Crippen molar-refractivity contribution in [2.75, 3.05) is 13.1 Å². The van der Waals surface area contributed by atoms with Gasteiger partial charge in [0.15, 0.2) is 0 Å². The summed E-state index contributed by atoms with van der Waals surface area (Å²) in [5, 5.41) is 3.48. The Kier molecular flexibility index (Phi) is 2.40. The van der Waals surface area contributed by atoms with Crippen molar-refractivity contribution in [1.82, 2.24) is 5.32 Å². The molecule has 1 nitrogen and oxygen atoms in total. The van der Waals surface area contributed by atoms with E-state index in [4.69, 9.17) is 0 Å². The molecule has 1 heteroatoms. The molecule has 0 heterocycles. The van der Waals surface area contributed by atoms with Crippen molar-refractivity contribution in [3.05, 3.63) is 0 Å². The van der Waals surface area contributed by atoms with Crippen LogP contribution in [0.4, 0.5) is 0 Å². The molecule has 0 bridgehead atoms. The average Bonchev–Trinajstić information content (AvgIpc) is 2.77. The maximum Gasteiger partial charge on any atom is -0.00151 e. The Bertz CT molecular complexity index is 145. The highest BCUT2D eigenvalue weighted by atomic mass is 14.9. The third-order valence-corrected chi connectivity index (χ3v) is 3.85. The second-order valence-corrected chi connectivity index (χ2v) is 4.63. The minimum atomic E-state index is 0.834. The Morgan fingerprint density at radius 3 is 2.67 bits per heavy atom.